The molecule has 0 saturated carbocycles. The van der Waals surface area contributed by atoms with Gasteiger partial charge >= 0.3 is 0 Å². The zero-order valence-electron chi connectivity index (χ0n) is 16.4. The molecule has 0 aliphatic rings. The maximum absolute atomic E-state index is 12.1. The molecule has 26 heavy (non-hydrogen) atoms. The van der Waals surface area contributed by atoms with Crippen molar-refractivity contribution >= 4 is 5.91 Å². The Labute approximate surface area is 156 Å². The van der Waals surface area contributed by atoms with Gasteiger partial charge in [0, 0.05) is 13.0 Å². The SMILES string of the molecule is COc1ccc(CNC(=O)CCc2ccc(C(C)(C)C)cc2)cc1OC. The number of ether oxygens (including phenoxy) is 2. The second-order valence-electron chi connectivity index (χ2n) is 7.41. The van der Waals surface area contributed by atoms with Crippen molar-refractivity contribution in [1.29, 1.82) is 0 Å². The van der Waals surface area contributed by atoms with Gasteiger partial charge in [-0.25, -0.2) is 0 Å². The molecule has 0 atom stereocenters. The molecule has 0 radical (unpaired) electrons. The summed E-state index contributed by atoms with van der Waals surface area (Å²) in [5.41, 5.74) is 3.61. The van der Waals surface area contributed by atoms with Crippen molar-refractivity contribution in [2.24, 2.45) is 0 Å². The molecule has 2 aromatic carbocycles. The van der Waals surface area contributed by atoms with Crippen LogP contribution in [0.25, 0.3) is 0 Å². The van der Waals surface area contributed by atoms with Gasteiger partial charge in [-0.3, -0.25) is 4.79 Å². The van der Waals surface area contributed by atoms with Crippen molar-refractivity contribution in [1.82, 2.24) is 5.32 Å². The van der Waals surface area contributed by atoms with E-state index in [1.165, 1.54) is 11.1 Å². The molecule has 2 rings (SSSR count). The average Bonchev–Trinajstić information content (AvgIpc) is 2.64. The van der Waals surface area contributed by atoms with E-state index in [2.05, 4.69) is 50.4 Å². The molecule has 0 unspecified atom stereocenters. The van der Waals surface area contributed by atoms with E-state index in [1.807, 2.05) is 18.2 Å². The van der Waals surface area contributed by atoms with Crippen LogP contribution in [0.5, 0.6) is 11.5 Å². The molecule has 0 spiro atoms. The zero-order valence-corrected chi connectivity index (χ0v) is 16.4. The summed E-state index contributed by atoms with van der Waals surface area (Å²) >= 11 is 0. The predicted molar refractivity (Wildman–Crippen MR) is 105 cm³/mol. The maximum Gasteiger partial charge on any atom is 0.220 e. The monoisotopic (exact) mass is 355 g/mol. The predicted octanol–water partition coefficient (Wildman–Crippen LogP) is 4.25. The van der Waals surface area contributed by atoms with Gasteiger partial charge in [-0.15, -0.1) is 0 Å². The lowest BCUT2D eigenvalue weighted by atomic mass is 9.86. The molecule has 0 bridgehead atoms. The third-order valence-electron chi connectivity index (χ3n) is 4.40. The van der Waals surface area contributed by atoms with Gasteiger partial charge < -0.3 is 14.8 Å². The Bertz CT molecular complexity index is 730. The van der Waals surface area contributed by atoms with Crippen LogP contribution in [-0.4, -0.2) is 20.1 Å². The van der Waals surface area contributed by atoms with Crippen LogP contribution in [0.3, 0.4) is 0 Å². The number of amides is 1. The van der Waals surface area contributed by atoms with Crippen molar-refractivity contribution in [2.45, 2.75) is 45.6 Å². The molecule has 0 fully saturated rings. The lowest BCUT2D eigenvalue weighted by Gasteiger charge is -2.19. The van der Waals surface area contributed by atoms with Crippen LogP contribution in [0.15, 0.2) is 42.5 Å². The third-order valence-corrected chi connectivity index (χ3v) is 4.40. The third kappa shape index (κ3) is 5.51. The summed E-state index contributed by atoms with van der Waals surface area (Å²) in [6.07, 6.45) is 1.21. The molecular formula is C22H29NO3. The normalized spacial score (nSPS) is 11.1. The molecule has 4 heteroatoms. The van der Waals surface area contributed by atoms with Crippen molar-refractivity contribution in [3.05, 3.63) is 59.2 Å². The maximum atomic E-state index is 12.1. The van der Waals surface area contributed by atoms with Crippen molar-refractivity contribution < 1.29 is 14.3 Å². The Balaban J connectivity index is 1.84. The number of hydrogen-bond donors (Lipinski definition) is 1. The Kier molecular flexibility index (Phi) is 6.67. The molecule has 0 aliphatic heterocycles. The van der Waals surface area contributed by atoms with Gasteiger partial charge in [0.15, 0.2) is 11.5 Å². The van der Waals surface area contributed by atoms with Crippen LogP contribution in [0, 0.1) is 0 Å². The van der Waals surface area contributed by atoms with E-state index in [-0.39, 0.29) is 11.3 Å². The number of nitrogens with one attached hydrogen (secondary N) is 1. The van der Waals surface area contributed by atoms with Crippen LogP contribution in [0.1, 0.15) is 43.9 Å². The van der Waals surface area contributed by atoms with Crippen molar-refractivity contribution in [3.63, 3.8) is 0 Å². The average molecular weight is 355 g/mol. The fourth-order valence-corrected chi connectivity index (χ4v) is 2.71. The summed E-state index contributed by atoms with van der Waals surface area (Å²) in [4.78, 5) is 12.1. The van der Waals surface area contributed by atoms with Crippen LogP contribution in [-0.2, 0) is 23.2 Å². The first-order chi connectivity index (χ1) is 12.3. The number of aryl methyl sites for hydroxylation is 1. The lowest BCUT2D eigenvalue weighted by molar-refractivity contribution is -0.121. The smallest absolute Gasteiger partial charge is 0.220 e. The number of carbonyl (C=O) groups excluding carboxylic acids is 1. The van der Waals surface area contributed by atoms with E-state index in [9.17, 15) is 4.79 Å². The molecular weight excluding hydrogens is 326 g/mol. The molecule has 4 nitrogen and oxygen atoms in total. The second kappa shape index (κ2) is 8.75. The standard InChI is InChI=1S/C22H29NO3/c1-22(2,3)18-10-6-16(7-11-18)9-13-21(24)23-15-17-8-12-19(25-4)20(14-17)26-5/h6-8,10-12,14H,9,13,15H2,1-5H3,(H,23,24). The topological polar surface area (TPSA) is 47.6 Å². The molecule has 0 aliphatic carbocycles. The summed E-state index contributed by atoms with van der Waals surface area (Å²) in [5, 5.41) is 2.96. The number of benzene rings is 2. The summed E-state index contributed by atoms with van der Waals surface area (Å²) in [5.74, 6) is 1.39. The number of rotatable bonds is 7. The van der Waals surface area contributed by atoms with Crippen LogP contribution >= 0.6 is 0 Å². The highest BCUT2D eigenvalue weighted by Gasteiger charge is 2.13. The van der Waals surface area contributed by atoms with Crippen LogP contribution < -0.4 is 14.8 Å². The summed E-state index contributed by atoms with van der Waals surface area (Å²) in [6, 6.07) is 14.2. The zero-order chi connectivity index (χ0) is 19.2. The van der Waals surface area contributed by atoms with Gasteiger partial charge in [0.2, 0.25) is 5.91 Å². The first-order valence-electron chi connectivity index (χ1n) is 8.90. The van der Waals surface area contributed by atoms with E-state index in [1.54, 1.807) is 14.2 Å². The van der Waals surface area contributed by atoms with E-state index in [4.69, 9.17) is 9.47 Å². The highest BCUT2D eigenvalue weighted by Crippen LogP contribution is 2.27. The largest absolute Gasteiger partial charge is 0.493 e. The Morgan fingerprint density at radius 1 is 0.923 bits per heavy atom. The number of methoxy groups -OCH3 is 2. The molecule has 0 saturated heterocycles. The Morgan fingerprint density at radius 2 is 1.54 bits per heavy atom. The van der Waals surface area contributed by atoms with Gasteiger partial charge in [-0.1, -0.05) is 51.1 Å². The van der Waals surface area contributed by atoms with Gasteiger partial charge in [0.25, 0.3) is 0 Å². The molecule has 1 amide bonds. The number of hydrogen-bond acceptors (Lipinski definition) is 3. The fraction of sp³-hybridized carbons (Fsp3) is 0.409. The van der Waals surface area contributed by atoms with Gasteiger partial charge in [-0.05, 0) is 40.7 Å². The molecule has 140 valence electrons. The summed E-state index contributed by atoms with van der Waals surface area (Å²) in [6.45, 7) is 7.07. The molecule has 0 heterocycles. The van der Waals surface area contributed by atoms with E-state index in [0.717, 1.165) is 12.0 Å². The fourth-order valence-electron chi connectivity index (χ4n) is 2.71. The summed E-state index contributed by atoms with van der Waals surface area (Å²) < 4.78 is 10.5. The minimum atomic E-state index is 0.0414. The van der Waals surface area contributed by atoms with Crippen molar-refractivity contribution in [3.8, 4) is 11.5 Å². The Hall–Kier alpha value is -2.49. The lowest BCUT2D eigenvalue weighted by Crippen LogP contribution is -2.23. The highest BCUT2D eigenvalue weighted by molar-refractivity contribution is 5.76. The van der Waals surface area contributed by atoms with E-state index < -0.39 is 0 Å². The van der Waals surface area contributed by atoms with Gasteiger partial charge in [0.05, 0.1) is 14.2 Å². The summed E-state index contributed by atoms with van der Waals surface area (Å²) in [7, 11) is 3.21. The Morgan fingerprint density at radius 3 is 2.12 bits per heavy atom. The van der Waals surface area contributed by atoms with Crippen LogP contribution in [0.4, 0.5) is 0 Å². The first kappa shape index (κ1) is 19.8. The molecule has 0 aromatic heterocycles. The molecule has 1 N–H and O–H groups in total. The van der Waals surface area contributed by atoms with Gasteiger partial charge in [0.1, 0.15) is 0 Å². The molecule has 2 aromatic rings. The minimum absolute atomic E-state index is 0.0414. The quantitative estimate of drug-likeness (QED) is 0.808. The minimum Gasteiger partial charge on any atom is -0.493 e. The second-order valence-corrected chi connectivity index (χ2v) is 7.41. The first-order valence-corrected chi connectivity index (χ1v) is 8.90. The van der Waals surface area contributed by atoms with E-state index in [0.29, 0.717) is 24.5 Å². The van der Waals surface area contributed by atoms with Gasteiger partial charge in [-0.2, -0.15) is 0 Å². The van der Waals surface area contributed by atoms with Crippen molar-refractivity contribution in [2.75, 3.05) is 14.2 Å². The number of carbonyl (C=O) groups is 1. The van der Waals surface area contributed by atoms with Crippen LogP contribution in [0.2, 0.25) is 0 Å². The highest BCUT2D eigenvalue weighted by atomic mass is 16.5. The van der Waals surface area contributed by atoms with E-state index >= 15 is 0 Å².